The fraction of sp³-hybridized carbons (Fsp3) is 0.786. The molecule has 0 aliphatic carbocycles. The molecule has 0 aromatic heterocycles. The Morgan fingerprint density at radius 1 is 1.19 bits per heavy atom. The topological polar surface area (TPSA) is 71.1 Å². The standard InChI is InChI=1S/C14H24O6S/c1-17-13-7-5-10-18-14(15)9-3-2-4-11-19-21(16)20-12-6-8-13/h5,7,13H,2-4,6,8-12H2,1H3/b7-5-. The van der Waals surface area contributed by atoms with Gasteiger partial charge in [0.1, 0.15) is 6.61 Å². The highest BCUT2D eigenvalue weighted by Gasteiger charge is 2.07. The number of carbonyl (C=O) groups excluding carboxylic acids is 1. The fourth-order valence-electron chi connectivity index (χ4n) is 1.83. The van der Waals surface area contributed by atoms with Crippen molar-refractivity contribution in [2.24, 2.45) is 0 Å². The van der Waals surface area contributed by atoms with E-state index in [-0.39, 0.29) is 18.7 Å². The summed E-state index contributed by atoms with van der Waals surface area (Å²) in [5, 5.41) is 0. The van der Waals surface area contributed by atoms with Crippen molar-refractivity contribution in [3.63, 3.8) is 0 Å². The predicted octanol–water partition coefficient (Wildman–Crippen LogP) is 2.07. The molecule has 0 bridgehead atoms. The Bertz CT molecular complexity index is 344. The van der Waals surface area contributed by atoms with E-state index in [0.717, 1.165) is 25.7 Å². The van der Waals surface area contributed by atoms with Crippen LogP contribution in [0.25, 0.3) is 0 Å². The Morgan fingerprint density at radius 3 is 2.71 bits per heavy atom. The summed E-state index contributed by atoms with van der Waals surface area (Å²) in [6, 6.07) is 0. The van der Waals surface area contributed by atoms with Crippen LogP contribution in [0.1, 0.15) is 38.5 Å². The number of ether oxygens (including phenoxy) is 2. The zero-order valence-corrected chi connectivity index (χ0v) is 13.3. The molecular weight excluding hydrogens is 296 g/mol. The summed E-state index contributed by atoms with van der Waals surface area (Å²) in [6.07, 6.45) is 7.71. The first kappa shape index (κ1) is 18.3. The highest BCUT2D eigenvalue weighted by atomic mass is 32.2. The molecule has 1 heterocycles. The molecule has 7 heteroatoms. The third-order valence-electron chi connectivity index (χ3n) is 3.01. The summed E-state index contributed by atoms with van der Waals surface area (Å²) in [4.78, 5) is 11.4. The van der Waals surface area contributed by atoms with Gasteiger partial charge in [-0.2, -0.15) is 4.21 Å². The molecule has 0 fully saturated rings. The monoisotopic (exact) mass is 320 g/mol. The molecule has 0 saturated heterocycles. The average molecular weight is 320 g/mol. The predicted molar refractivity (Wildman–Crippen MR) is 78.6 cm³/mol. The molecule has 122 valence electrons. The normalized spacial score (nSPS) is 29.3. The minimum Gasteiger partial charge on any atom is -0.461 e. The molecule has 6 nitrogen and oxygen atoms in total. The zero-order valence-electron chi connectivity index (χ0n) is 12.5. The Morgan fingerprint density at radius 2 is 1.95 bits per heavy atom. The van der Waals surface area contributed by atoms with Gasteiger partial charge in [-0.25, -0.2) is 0 Å². The lowest BCUT2D eigenvalue weighted by Gasteiger charge is -2.10. The Hall–Kier alpha value is -0.760. The van der Waals surface area contributed by atoms with E-state index in [1.165, 1.54) is 0 Å². The first-order chi connectivity index (χ1) is 10.2. The van der Waals surface area contributed by atoms with Gasteiger partial charge in [0.25, 0.3) is 0 Å². The molecule has 1 rings (SSSR count). The SMILES string of the molecule is COC1/C=C\COC(=O)CCCCCOS(=O)OCCC1. The molecule has 2 atom stereocenters. The maximum atomic E-state index is 11.4. The van der Waals surface area contributed by atoms with Gasteiger partial charge in [0.05, 0.1) is 19.3 Å². The van der Waals surface area contributed by atoms with E-state index in [1.54, 1.807) is 13.2 Å². The van der Waals surface area contributed by atoms with Crippen molar-refractivity contribution in [1.82, 2.24) is 0 Å². The summed E-state index contributed by atoms with van der Waals surface area (Å²) < 4.78 is 31.9. The van der Waals surface area contributed by atoms with E-state index in [0.29, 0.717) is 26.1 Å². The van der Waals surface area contributed by atoms with Gasteiger partial charge in [-0.3, -0.25) is 13.2 Å². The van der Waals surface area contributed by atoms with Crippen molar-refractivity contribution < 1.29 is 26.8 Å². The van der Waals surface area contributed by atoms with Crippen molar-refractivity contribution in [3.05, 3.63) is 12.2 Å². The maximum Gasteiger partial charge on any atom is 0.306 e. The molecule has 0 amide bonds. The first-order valence-corrected chi connectivity index (χ1v) is 8.25. The number of methoxy groups -OCH3 is 1. The molecule has 21 heavy (non-hydrogen) atoms. The summed E-state index contributed by atoms with van der Waals surface area (Å²) in [5.74, 6) is -0.203. The zero-order chi connectivity index (χ0) is 15.3. The van der Waals surface area contributed by atoms with Crippen LogP contribution in [0, 0.1) is 0 Å². The maximum absolute atomic E-state index is 11.4. The summed E-state index contributed by atoms with van der Waals surface area (Å²) in [6.45, 7) is 0.988. The third-order valence-corrected chi connectivity index (χ3v) is 3.73. The fourth-order valence-corrected chi connectivity index (χ4v) is 2.41. The van der Waals surface area contributed by atoms with Gasteiger partial charge >= 0.3 is 17.3 Å². The first-order valence-electron chi connectivity index (χ1n) is 7.25. The number of hydrogen-bond acceptors (Lipinski definition) is 6. The van der Waals surface area contributed by atoms with E-state index >= 15 is 0 Å². The van der Waals surface area contributed by atoms with Gasteiger partial charge in [0.15, 0.2) is 0 Å². The van der Waals surface area contributed by atoms with Crippen molar-refractivity contribution >= 4 is 17.3 Å². The van der Waals surface area contributed by atoms with Crippen LogP contribution in [0.15, 0.2) is 12.2 Å². The van der Waals surface area contributed by atoms with Gasteiger partial charge in [-0.05, 0) is 31.8 Å². The highest BCUT2D eigenvalue weighted by molar-refractivity contribution is 7.75. The van der Waals surface area contributed by atoms with Crippen LogP contribution in [-0.4, -0.2) is 43.2 Å². The van der Waals surface area contributed by atoms with E-state index in [2.05, 4.69) is 0 Å². The van der Waals surface area contributed by atoms with Crippen molar-refractivity contribution in [2.45, 2.75) is 44.6 Å². The largest absolute Gasteiger partial charge is 0.461 e. The van der Waals surface area contributed by atoms with Gasteiger partial charge < -0.3 is 9.47 Å². The van der Waals surface area contributed by atoms with Gasteiger partial charge in [0, 0.05) is 13.5 Å². The molecule has 0 aromatic rings. The van der Waals surface area contributed by atoms with Crippen LogP contribution >= 0.6 is 0 Å². The lowest BCUT2D eigenvalue weighted by Crippen LogP contribution is -2.10. The van der Waals surface area contributed by atoms with Crippen molar-refractivity contribution in [3.8, 4) is 0 Å². The van der Waals surface area contributed by atoms with E-state index in [9.17, 15) is 9.00 Å². The molecule has 0 radical (unpaired) electrons. The summed E-state index contributed by atoms with van der Waals surface area (Å²) in [5.41, 5.74) is 0. The number of cyclic esters (lactones) is 1. The quantitative estimate of drug-likeness (QED) is 0.544. The summed E-state index contributed by atoms with van der Waals surface area (Å²) in [7, 11) is 1.62. The van der Waals surface area contributed by atoms with Crippen LogP contribution in [0.3, 0.4) is 0 Å². The second kappa shape index (κ2) is 11.9. The second-order valence-electron chi connectivity index (χ2n) is 4.69. The minimum atomic E-state index is -1.69. The molecule has 0 N–H and O–H groups in total. The molecule has 0 spiro atoms. The van der Waals surface area contributed by atoms with E-state index < -0.39 is 11.4 Å². The summed E-state index contributed by atoms with van der Waals surface area (Å²) >= 11 is -1.69. The molecule has 2 unspecified atom stereocenters. The van der Waals surface area contributed by atoms with Crippen molar-refractivity contribution in [2.75, 3.05) is 26.9 Å². The molecular formula is C14H24O6S. The van der Waals surface area contributed by atoms with Gasteiger partial charge in [-0.1, -0.05) is 12.5 Å². The van der Waals surface area contributed by atoms with Gasteiger partial charge in [0.2, 0.25) is 0 Å². The highest BCUT2D eigenvalue weighted by Crippen LogP contribution is 2.07. The third kappa shape index (κ3) is 9.73. The van der Waals surface area contributed by atoms with Crippen LogP contribution in [0.5, 0.6) is 0 Å². The molecule has 0 saturated carbocycles. The molecule has 1 aliphatic rings. The second-order valence-corrected chi connectivity index (χ2v) is 5.57. The Labute approximate surface area is 128 Å². The van der Waals surface area contributed by atoms with Crippen LogP contribution < -0.4 is 0 Å². The minimum absolute atomic E-state index is 0.0719. The van der Waals surface area contributed by atoms with Crippen LogP contribution in [0.4, 0.5) is 0 Å². The Kier molecular flexibility index (Phi) is 10.3. The molecule has 0 aromatic carbocycles. The van der Waals surface area contributed by atoms with Crippen LogP contribution in [0.2, 0.25) is 0 Å². The molecule has 1 aliphatic heterocycles. The lowest BCUT2D eigenvalue weighted by atomic mass is 10.2. The van der Waals surface area contributed by atoms with E-state index in [4.69, 9.17) is 17.8 Å². The lowest BCUT2D eigenvalue weighted by molar-refractivity contribution is -0.142. The van der Waals surface area contributed by atoms with Crippen molar-refractivity contribution in [1.29, 1.82) is 0 Å². The Balaban J connectivity index is 2.42. The van der Waals surface area contributed by atoms with E-state index in [1.807, 2.05) is 6.08 Å². The number of hydrogen-bond donors (Lipinski definition) is 0. The number of esters is 1. The average Bonchev–Trinajstić information content (AvgIpc) is 2.48. The van der Waals surface area contributed by atoms with Gasteiger partial charge in [-0.15, -0.1) is 0 Å². The van der Waals surface area contributed by atoms with Crippen LogP contribution in [-0.2, 0) is 34.0 Å². The smallest absolute Gasteiger partial charge is 0.306 e. The number of carbonyl (C=O) groups is 1. The number of rotatable bonds is 1.